The van der Waals surface area contributed by atoms with Gasteiger partial charge in [-0.1, -0.05) is 31.4 Å². The van der Waals surface area contributed by atoms with Crippen molar-refractivity contribution in [3.63, 3.8) is 0 Å². The van der Waals surface area contributed by atoms with Crippen LogP contribution in [-0.2, 0) is 9.59 Å². The standard InChI is InChI=1S/C23H28N4O2.C4H9N.C2H4O2/c1-17-25-22-14-21(15-24-23(22)29-17)27(16-28)12-11-26(2)20-10-6-9-19(13-20)18-7-4-3-5-8-18;1-5-3-2-4-5;1-2(3)4/h6,9-10,13-16,18H,3-5,7-8,11-12H2,1-2H3;2-4H2,1H3;1H3,(H,3,4). The summed E-state index contributed by atoms with van der Waals surface area (Å²) in [5.74, 6) is 0.423. The number of pyridine rings is 1. The number of nitrogens with zero attached hydrogens (tertiary/aromatic N) is 5. The van der Waals surface area contributed by atoms with E-state index < -0.39 is 5.97 Å². The molecule has 1 saturated heterocycles. The molecule has 206 valence electrons. The largest absolute Gasteiger partial charge is 0.481 e. The van der Waals surface area contributed by atoms with Crippen molar-refractivity contribution in [1.82, 2.24) is 14.9 Å². The van der Waals surface area contributed by atoms with Gasteiger partial charge in [-0.3, -0.25) is 9.59 Å². The van der Waals surface area contributed by atoms with Gasteiger partial charge in [-0.15, -0.1) is 0 Å². The lowest BCUT2D eigenvalue weighted by atomic mass is 9.84. The van der Waals surface area contributed by atoms with E-state index in [2.05, 4.69) is 58.1 Å². The molecule has 3 aromatic rings. The van der Waals surface area contributed by atoms with Crippen molar-refractivity contribution in [2.24, 2.45) is 0 Å². The van der Waals surface area contributed by atoms with Crippen LogP contribution >= 0.6 is 0 Å². The summed E-state index contributed by atoms with van der Waals surface area (Å²) >= 11 is 0. The second-order valence-corrected chi connectivity index (χ2v) is 10.1. The lowest BCUT2D eigenvalue weighted by Gasteiger charge is -2.26. The average molecular weight is 524 g/mol. The highest BCUT2D eigenvalue weighted by atomic mass is 16.4. The molecule has 1 saturated carbocycles. The van der Waals surface area contributed by atoms with Crippen LogP contribution in [0.1, 0.15) is 62.8 Å². The SMILES string of the molecule is CC(=O)O.CN1CCC1.Cc1nc2cc(N(C=O)CCN(C)c3cccc(C4CCCCC4)c3)cnc2o1. The first-order valence-electron chi connectivity index (χ1n) is 13.4. The quantitative estimate of drug-likeness (QED) is 0.427. The molecule has 1 aromatic carbocycles. The number of carbonyl (C=O) groups excluding carboxylic acids is 1. The number of aryl methyl sites for hydroxylation is 1. The second kappa shape index (κ2) is 14.5. The van der Waals surface area contributed by atoms with E-state index >= 15 is 0 Å². The van der Waals surface area contributed by atoms with Crippen LogP contribution in [0, 0.1) is 6.92 Å². The van der Waals surface area contributed by atoms with Gasteiger partial charge in [0.25, 0.3) is 5.97 Å². The number of aromatic nitrogens is 2. The Kier molecular flexibility index (Phi) is 11.1. The minimum atomic E-state index is -0.833. The van der Waals surface area contributed by atoms with Crippen molar-refractivity contribution in [2.75, 3.05) is 50.1 Å². The Morgan fingerprint density at radius 1 is 1.13 bits per heavy atom. The minimum Gasteiger partial charge on any atom is -0.481 e. The smallest absolute Gasteiger partial charge is 0.300 e. The van der Waals surface area contributed by atoms with E-state index in [0.717, 1.165) is 25.6 Å². The van der Waals surface area contributed by atoms with Gasteiger partial charge in [0.1, 0.15) is 5.52 Å². The first-order chi connectivity index (χ1) is 18.3. The maximum Gasteiger partial charge on any atom is 0.300 e. The lowest BCUT2D eigenvalue weighted by molar-refractivity contribution is -0.134. The number of likely N-dealkylation sites (tertiary alicyclic amines) is 1. The molecule has 38 heavy (non-hydrogen) atoms. The Morgan fingerprint density at radius 2 is 1.82 bits per heavy atom. The molecule has 9 heteroatoms. The Balaban J connectivity index is 0.000000380. The molecule has 2 fully saturated rings. The van der Waals surface area contributed by atoms with E-state index in [1.807, 2.05) is 6.07 Å². The minimum absolute atomic E-state index is 0.494. The highest BCUT2D eigenvalue weighted by molar-refractivity contribution is 5.80. The summed E-state index contributed by atoms with van der Waals surface area (Å²) < 4.78 is 5.42. The van der Waals surface area contributed by atoms with Crippen LogP contribution in [0.2, 0.25) is 0 Å². The number of amides is 1. The third-order valence-electron chi connectivity index (χ3n) is 6.94. The third kappa shape index (κ3) is 8.83. The van der Waals surface area contributed by atoms with Crippen LogP contribution in [0.15, 0.2) is 40.9 Å². The molecule has 1 N–H and O–H groups in total. The van der Waals surface area contributed by atoms with Gasteiger partial charge >= 0.3 is 0 Å². The molecule has 0 radical (unpaired) electrons. The van der Waals surface area contributed by atoms with Crippen molar-refractivity contribution < 1.29 is 19.1 Å². The fraction of sp³-hybridized carbons (Fsp3) is 0.517. The van der Waals surface area contributed by atoms with E-state index in [4.69, 9.17) is 14.3 Å². The van der Waals surface area contributed by atoms with Gasteiger partial charge in [0, 0.05) is 39.7 Å². The highest BCUT2D eigenvalue weighted by Gasteiger charge is 2.17. The molecule has 1 amide bonds. The summed E-state index contributed by atoms with van der Waals surface area (Å²) in [4.78, 5) is 35.4. The Morgan fingerprint density at radius 3 is 2.42 bits per heavy atom. The van der Waals surface area contributed by atoms with Crippen molar-refractivity contribution >= 4 is 35.0 Å². The number of hydrogen-bond donors (Lipinski definition) is 1. The number of fused-ring (bicyclic) bond motifs is 1. The maximum absolute atomic E-state index is 11.7. The maximum atomic E-state index is 11.7. The van der Waals surface area contributed by atoms with Crippen LogP contribution in [0.4, 0.5) is 11.4 Å². The number of aliphatic carboxylic acids is 1. The van der Waals surface area contributed by atoms with Crippen LogP contribution in [0.5, 0.6) is 0 Å². The Labute approximate surface area is 225 Å². The number of carboxylic acids is 1. The fourth-order valence-electron chi connectivity index (χ4n) is 4.63. The van der Waals surface area contributed by atoms with Crippen LogP contribution in [0.25, 0.3) is 11.2 Å². The van der Waals surface area contributed by atoms with Gasteiger partial charge in [-0.25, -0.2) is 9.97 Å². The third-order valence-corrected chi connectivity index (χ3v) is 6.94. The summed E-state index contributed by atoms with van der Waals surface area (Å²) in [5.41, 5.74) is 4.52. The molecule has 9 nitrogen and oxygen atoms in total. The molecular formula is C29H41N5O4. The molecule has 5 rings (SSSR count). The number of hydrogen-bond acceptors (Lipinski definition) is 7. The molecule has 0 spiro atoms. The predicted molar refractivity (Wildman–Crippen MR) is 151 cm³/mol. The monoisotopic (exact) mass is 523 g/mol. The highest BCUT2D eigenvalue weighted by Crippen LogP contribution is 2.34. The Hall–Kier alpha value is -3.46. The molecule has 2 aliphatic rings. The van der Waals surface area contributed by atoms with Crippen LogP contribution < -0.4 is 9.80 Å². The zero-order chi connectivity index (χ0) is 27.5. The van der Waals surface area contributed by atoms with Crippen molar-refractivity contribution in [3.05, 3.63) is 48.0 Å². The first-order valence-corrected chi connectivity index (χ1v) is 13.4. The molecule has 3 heterocycles. The fourth-order valence-corrected chi connectivity index (χ4v) is 4.63. The molecular weight excluding hydrogens is 482 g/mol. The topological polar surface area (TPSA) is 103 Å². The number of benzene rings is 1. The molecule has 2 aromatic heterocycles. The van der Waals surface area contributed by atoms with Gasteiger partial charge in [-0.05, 0) is 69.1 Å². The summed E-state index contributed by atoms with van der Waals surface area (Å²) in [6.45, 7) is 6.80. The second-order valence-electron chi connectivity index (χ2n) is 10.1. The van der Waals surface area contributed by atoms with E-state index in [-0.39, 0.29) is 0 Å². The van der Waals surface area contributed by atoms with Crippen molar-refractivity contribution in [3.8, 4) is 0 Å². The zero-order valence-corrected chi connectivity index (χ0v) is 23.1. The molecule has 0 unspecified atom stereocenters. The normalized spacial score (nSPS) is 15.4. The Bertz CT molecular complexity index is 1170. The van der Waals surface area contributed by atoms with Crippen LogP contribution in [-0.4, -0.2) is 72.6 Å². The summed E-state index contributed by atoms with van der Waals surface area (Å²) in [6.07, 6.45) is 10.5. The van der Waals surface area contributed by atoms with Gasteiger partial charge in [0.05, 0.1) is 11.9 Å². The van der Waals surface area contributed by atoms with Gasteiger partial charge in [-0.2, -0.15) is 0 Å². The van der Waals surface area contributed by atoms with E-state index in [9.17, 15) is 4.79 Å². The van der Waals surface area contributed by atoms with Crippen molar-refractivity contribution in [1.29, 1.82) is 0 Å². The number of anilines is 2. The first kappa shape index (κ1) is 29.1. The van der Waals surface area contributed by atoms with Gasteiger partial charge in [0.15, 0.2) is 5.89 Å². The van der Waals surface area contributed by atoms with E-state index in [1.54, 1.807) is 18.0 Å². The molecule has 1 aliphatic heterocycles. The number of rotatable bonds is 7. The average Bonchev–Trinajstić information content (AvgIpc) is 3.27. The number of carbonyl (C=O) groups is 2. The lowest BCUT2D eigenvalue weighted by Crippen LogP contribution is -2.32. The molecule has 0 atom stereocenters. The molecule has 1 aliphatic carbocycles. The van der Waals surface area contributed by atoms with E-state index in [1.165, 1.54) is 62.9 Å². The number of oxazole rings is 1. The summed E-state index contributed by atoms with van der Waals surface area (Å²) in [7, 11) is 4.22. The van der Waals surface area contributed by atoms with Gasteiger partial charge < -0.3 is 24.2 Å². The molecule has 0 bridgehead atoms. The van der Waals surface area contributed by atoms with E-state index in [0.29, 0.717) is 29.6 Å². The number of likely N-dealkylation sites (N-methyl/N-ethyl adjacent to an activating group) is 1. The predicted octanol–water partition coefficient (Wildman–Crippen LogP) is 5.09. The summed E-state index contributed by atoms with van der Waals surface area (Å²) in [6, 6.07) is 10.7. The van der Waals surface area contributed by atoms with Crippen LogP contribution in [0.3, 0.4) is 0 Å². The zero-order valence-electron chi connectivity index (χ0n) is 23.1. The van der Waals surface area contributed by atoms with Gasteiger partial charge in [0.2, 0.25) is 12.1 Å². The summed E-state index contributed by atoms with van der Waals surface area (Å²) in [5, 5.41) is 7.42. The van der Waals surface area contributed by atoms with Crippen molar-refractivity contribution in [2.45, 2.75) is 58.3 Å². The number of carboxylic acid groups (broad SMARTS) is 1.